The number of ether oxygens (including phenoxy) is 3. The number of nitrogens with zero attached hydrogens (tertiary/aromatic N) is 1. The SMILES string of the molecule is CO[C@@H]1CC2[C@@H]3CCC4C(C)(C)[C@@H](OC5CN(C(=O)CC6CC6)CCO5)CCC45[C@@H](C)[C@@]35CC[C@]2(C)[C@H]1[C@H](C)CCC=O. The first-order valence-corrected chi connectivity index (χ1v) is 18.1. The fourth-order valence-corrected chi connectivity index (χ4v) is 13.5. The lowest BCUT2D eigenvalue weighted by atomic mass is 9.46. The summed E-state index contributed by atoms with van der Waals surface area (Å²) in [5, 5.41) is 0. The predicted molar refractivity (Wildman–Crippen MR) is 166 cm³/mol. The Balaban J connectivity index is 1.08. The highest BCUT2D eigenvalue weighted by molar-refractivity contribution is 5.76. The van der Waals surface area contributed by atoms with Gasteiger partial charge in [-0.15, -0.1) is 0 Å². The molecule has 242 valence electrons. The summed E-state index contributed by atoms with van der Waals surface area (Å²) in [5.74, 6) is 4.95. The zero-order chi connectivity index (χ0) is 30.4. The largest absolute Gasteiger partial charge is 0.381 e. The molecular weight excluding hydrogens is 538 g/mol. The second-order valence-corrected chi connectivity index (χ2v) is 17.2. The number of amides is 1. The highest BCUT2D eigenvalue weighted by atomic mass is 16.7. The van der Waals surface area contributed by atoms with Crippen LogP contribution >= 0.6 is 0 Å². The van der Waals surface area contributed by atoms with Gasteiger partial charge in [-0.1, -0.05) is 34.6 Å². The second-order valence-electron chi connectivity index (χ2n) is 17.2. The van der Waals surface area contributed by atoms with Crippen LogP contribution < -0.4 is 0 Å². The Morgan fingerprint density at radius 1 is 1.05 bits per heavy atom. The number of rotatable bonds is 9. The van der Waals surface area contributed by atoms with Crippen LogP contribution in [-0.2, 0) is 23.8 Å². The standard InChI is InChI=1S/C37H59NO5/c1-23(8-7-18-39)33-28(41-6)21-27-26-11-12-29-34(3,4)30(13-14-37(29)24(2)36(26,37)16-15-35(27,33)5)43-32-22-38(17-19-42-32)31(40)20-25-9-10-25/h18,23-30,32-33H,7-17,19-22H2,1-6H3/t23-,24+,26+,27?,28-,29?,30+,32?,33+,35+,36+,37?/m1/s1. The minimum Gasteiger partial charge on any atom is -0.381 e. The van der Waals surface area contributed by atoms with Crippen molar-refractivity contribution in [3.8, 4) is 0 Å². The molecule has 0 aromatic heterocycles. The van der Waals surface area contributed by atoms with Crippen LogP contribution in [0.5, 0.6) is 0 Å². The molecule has 2 spiro atoms. The number of aldehydes is 1. The lowest BCUT2D eigenvalue weighted by molar-refractivity contribution is -0.244. The molecule has 1 heterocycles. The van der Waals surface area contributed by atoms with Gasteiger partial charge in [0.05, 0.1) is 25.4 Å². The van der Waals surface area contributed by atoms with E-state index in [0.29, 0.717) is 84.5 Å². The third kappa shape index (κ3) is 4.41. The summed E-state index contributed by atoms with van der Waals surface area (Å²) in [6.45, 7) is 14.5. The molecule has 6 aliphatic carbocycles. The third-order valence-electron chi connectivity index (χ3n) is 15.5. The van der Waals surface area contributed by atoms with Gasteiger partial charge in [0.1, 0.15) is 6.29 Å². The van der Waals surface area contributed by atoms with Crippen molar-refractivity contribution in [1.29, 1.82) is 0 Å². The fourth-order valence-electron chi connectivity index (χ4n) is 13.5. The number of methoxy groups -OCH3 is 1. The van der Waals surface area contributed by atoms with Crippen LogP contribution in [-0.4, -0.2) is 62.4 Å². The first-order chi connectivity index (χ1) is 20.5. The van der Waals surface area contributed by atoms with Gasteiger partial charge < -0.3 is 23.9 Å². The molecule has 7 rings (SSSR count). The number of fused-ring (bicyclic) bond motifs is 2. The molecule has 0 bridgehead atoms. The molecule has 1 aliphatic heterocycles. The van der Waals surface area contributed by atoms with Crippen molar-refractivity contribution >= 4 is 12.2 Å². The van der Waals surface area contributed by atoms with Crippen molar-refractivity contribution in [1.82, 2.24) is 4.90 Å². The van der Waals surface area contributed by atoms with Gasteiger partial charge in [0.2, 0.25) is 5.91 Å². The molecule has 0 aromatic carbocycles. The summed E-state index contributed by atoms with van der Waals surface area (Å²) in [5.41, 5.74) is 1.30. The molecular formula is C37H59NO5. The van der Waals surface area contributed by atoms with Crippen LogP contribution in [0.1, 0.15) is 112 Å². The van der Waals surface area contributed by atoms with E-state index in [-0.39, 0.29) is 17.8 Å². The predicted octanol–water partition coefficient (Wildman–Crippen LogP) is 6.89. The first kappa shape index (κ1) is 30.7. The maximum atomic E-state index is 12.9. The minimum absolute atomic E-state index is 0.0853. The Bertz CT molecular complexity index is 1090. The molecule has 43 heavy (non-hydrogen) atoms. The Hall–Kier alpha value is -0.980. The molecule has 6 saturated carbocycles. The van der Waals surface area contributed by atoms with Gasteiger partial charge in [-0.3, -0.25) is 4.79 Å². The molecule has 0 N–H and O–H groups in total. The van der Waals surface area contributed by atoms with Crippen LogP contribution in [0.15, 0.2) is 0 Å². The topological polar surface area (TPSA) is 65.1 Å². The molecule has 6 nitrogen and oxygen atoms in total. The summed E-state index contributed by atoms with van der Waals surface area (Å²) in [4.78, 5) is 26.1. The summed E-state index contributed by atoms with van der Waals surface area (Å²) in [6, 6.07) is 0. The maximum absolute atomic E-state index is 12.9. The molecule has 1 amide bonds. The van der Waals surface area contributed by atoms with Crippen molar-refractivity contribution in [2.75, 3.05) is 26.8 Å². The lowest BCUT2D eigenvalue weighted by Gasteiger charge is -2.60. The first-order valence-electron chi connectivity index (χ1n) is 18.1. The number of carbonyl (C=O) groups excluding carboxylic acids is 2. The molecule has 12 atom stereocenters. The highest BCUT2D eigenvalue weighted by Gasteiger charge is 2.84. The molecule has 1 saturated heterocycles. The van der Waals surface area contributed by atoms with Gasteiger partial charge in [-0.2, -0.15) is 0 Å². The summed E-state index contributed by atoms with van der Waals surface area (Å²) in [7, 11) is 1.93. The van der Waals surface area contributed by atoms with E-state index in [9.17, 15) is 9.59 Å². The smallest absolute Gasteiger partial charge is 0.223 e. The van der Waals surface area contributed by atoms with E-state index in [1.54, 1.807) is 0 Å². The number of morpholine rings is 1. The van der Waals surface area contributed by atoms with Crippen molar-refractivity contribution in [3.05, 3.63) is 0 Å². The van der Waals surface area contributed by atoms with Crippen LogP contribution in [0.3, 0.4) is 0 Å². The molecule has 6 heteroatoms. The summed E-state index contributed by atoms with van der Waals surface area (Å²) < 4.78 is 19.3. The van der Waals surface area contributed by atoms with Crippen LogP contribution in [0.4, 0.5) is 0 Å². The Kier molecular flexibility index (Phi) is 7.70. The quantitative estimate of drug-likeness (QED) is 0.271. The lowest BCUT2D eigenvalue weighted by Crippen LogP contribution is -2.56. The Morgan fingerprint density at radius 3 is 2.56 bits per heavy atom. The third-order valence-corrected chi connectivity index (χ3v) is 15.5. The van der Waals surface area contributed by atoms with E-state index in [2.05, 4.69) is 34.6 Å². The Morgan fingerprint density at radius 2 is 1.84 bits per heavy atom. The van der Waals surface area contributed by atoms with Gasteiger partial charge in [-0.05, 0) is 127 Å². The van der Waals surface area contributed by atoms with Crippen LogP contribution in [0, 0.1) is 63.1 Å². The van der Waals surface area contributed by atoms with Crippen LogP contribution in [0.25, 0.3) is 0 Å². The average molecular weight is 598 g/mol. The van der Waals surface area contributed by atoms with E-state index in [1.165, 1.54) is 51.4 Å². The zero-order valence-corrected chi connectivity index (χ0v) is 27.9. The highest BCUT2D eigenvalue weighted by Crippen LogP contribution is 2.89. The summed E-state index contributed by atoms with van der Waals surface area (Å²) in [6.07, 6.45) is 15.0. The second kappa shape index (κ2) is 10.8. The van der Waals surface area contributed by atoms with Crippen molar-refractivity contribution in [2.24, 2.45) is 63.1 Å². The van der Waals surface area contributed by atoms with Gasteiger partial charge in [0.15, 0.2) is 6.29 Å². The normalized spacial score (nSPS) is 48.8. The molecule has 4 unspecified atom stereocenters. The van der Waals surface area contributed by atoms with E-state index in [1.807, 2.05) is 12.0 Å². The van der Waals surface area contributed by atoms with Crippen molar-refractivity contribution in [3.63, 3.8) is 0 Å². The van der Waals surface area contributed by atoms with E-state index in [0.717, 1.165) is 36.9 Å². The monoisotopic (exact) mass is 597 g/mol. The number of hydrogen-bond donors (Lipinski definition) is 0. The van der Waals surface area contributed by atoms with Gasteiger partial charge >= 0.3 is 0 Å². The van der Waals surface area contributed by atoms with Crippen molar-refractivity contribution < 1.29 is 23.8 Å². The zero-order valence-electron chi connectivity index (χ0n) is 27.9. The average Bonchev–Trinajstić information content (AvgIpc) is 3.87. The van der Waals surface area contributed by atoms with E-state index >= 15 is 0 Å². The Labute approximate surface area is 260 Å². The van der Waals surface area contributed by atoms with Gasteiger partial charge in [0, 0.05) is 26.5 Å². The van der Waals surface area contributed by atoms with Gasteiger partial charge in [-0.25, -0.2) is 0 Å². The molecule has 0 aromatic rings. The van der Waals surface area contributed by atoms with Gasteiger partial charge in [0.25, 0.3) is 0 Å². The van der Waals surface area contributed by atoms with E-state index < -0.39 is 0 Å². The van der Waals surface area contributed by atoms with Crippen molar-refractivity contribution in [2.45, 2.75) is 130 Å². The molecule has 7 fully saturated rings. The van der Waals surface area contributed by atoms with Crippen LogP contribution in [0.2, 0.25) is 0 Å². The maximum Gasteiger partial charge on any atom is 0.223 e. The molecule has 0 radical (unpaired) electrons. The number of carbonyl (C=O) groups is 2. The minimum atomic E-state index is -0.296. The fraction of sp³-hybridized carbons (Fsp3) is 0.946. The number of hydrogen-bond acceptors (Lipinski definition) is 5. The molecule has 7 aliphatic rings. The van der Waals surface area contributed by atoms with E-state index in [4.69, 9.17) is 14.2 Å². The summed E-state index contributed by atoms with van der Waals surface area (Å²) >= 11 is 0.